The van der Waals surface area contributed by atoms with Crippen LogP contribution in [0.5, 0.6) is 0 Å². The van der Waals surface area contributed by atoms with E-state index in [4.69, 9.17) is 12.2 Å². The van der Waals surface area contributed by atoms with E-state index in [0.29, 0.717) is 4.77 Å². The molecule has 0 amide bonds. The lowest BCUT2D eigenvalue weighted by atomic mass is 10.2. The molecule has 0 radical (unpaired) electrons. The molecule has 102 valence electrons. The van der Waals surface area contributed by atoms with Crippen LogP contribution in [0.2, 0.25) is 0 Å². The van der Waals surface area contributed by atoms with Crippen molar-refractivity contribution in [1.82, 2.24) is 20.2 Å². The van der Waals surface area contributed by atoms with E-state index in [9.17, 15) is 0 Å². The first-order chi connectivity index (χ1) is 9.63. The maximum Gasteiger partial charge on any atom is 0.213 e. The third kappa shape index (κ3) is 2.50. The molecule has 0 aliphatic rings. The molecule has 0 atom stereocenters. The number of nitrogens with zero attached hydrogens (tertiary/aromatic N) is 3. The molecule has 0 aliphatic carbocycles. The standard InChI is InChI=1S/C13H13N5S2/c1-18(2)9-5-3-8(4-6-9)12-14-7-10(20-12)11-15-13(19)17-16-11/h3-7H,1-2H3,(H2,15,16,17,19). The van der Waals surface area contributed by atoms with Gasteiger partial charge in [-0.15, -0.1) is 11.3 Å². The van der Waals surface area contributed by atoms with E-state index in [1.165, 1.54) is 5.69 Å². The average molecular weight is 303 g/mol. The van der Waals surface area contributed by atoms with Crippen LogP contribution in [0.25, 0.3) is 21.3 Å². The number of nitrogens with one attached hydrogen (secondary N) is 2. The minimum atomic E-state index is 0.449. The predicted molar refractivity (Wildman–Crippen MR) is 84.6 cm³/mol. The lowest BCUT2D eigenvalue weighted by molar-refractivity contribution is 1.08. The molecule has 2 N–H and O–H groups in total. The fourth-order valence-electron chi connectivity index (χ4n) is 1.81. The summed E-state index contributed by atoms with van der Waals surface area (Å²) < 4.78 is 0.449. The van der Waals surface area contributed by atoms with Gasteiger partial charge in [0, 0.05) is 31.5 Å². The second kappa shape index (κ2) is 5.18. The molecule has 5 nitrogen and oxygen atoms in total. The Hall–Kier alpha value is -1.99. The van der Waals surface area contributed by atoms with E-state index in [2.05, 4.69) is 49.3 Å². The topological polar surface area (TPSA) is 60.6 Å². The molecule has 0 aliphatic heterocycles. The third-order valence-electron chi connectivity index (χ3n) is 2.87. The number of hydrogen-bond donors (Lipinski definition) is 2. The van der Waals surface area contributed by atoms with Gasteiger partial charge >= 0.3 is 0 Å². The molecule has 2 aromatic heterocycles. The number of anilines is 1. The number of H-pyrrole nitrogens is 2. The Morgan fingerprint density at radius 3 is 2.50 bits per heavy atom. The summed E-state index contributed by atoms with van der Waals surface area (Å²) >= 11 is 6.54. The van der Waals surface area contributed by atoms with Crippen LogP contribution < -0.4 is 4.90 Å². The minimum absolute atomic E-state index is 0.449. The smallest absolute Gasteiger partial charge is 0.213 e. The zero-order valence-corrected chi connectivity index (χ0v) is 12.7. The zero-order valence-electron chi connectivity index (χ0n) is 11.0. The lowest BCUT2D eigenvalue weighted by Crippen LogP contribution is -2.07. The van der Waals surface area contributed by atoms with Crippen LogP contribution in [0.3, 0.4) is 0 Å². The van der Waals surface area contributed by atoms with Gasteiger partial charge in [0.05, 0.1) is 4.88 Å². The molecule has 0 saturated carbocycles. The van der Waals surface area contributed by atoms with E-state index in [1.807, 2.05) is 14.1 Å². The number of thiazole rings is 1. The van der Waals surface area contributed by atoms with Crippen LogP contribution in [-0.2, 0) is 0 Å². The highest BCUT2D eigenvalue weighted by molar-refractivity contribution is 7.71. The van der Waals surface area contributed by atoms with E-state index in [1.54, 1.807) is 17.5 Å². The van der Waals surface area contributed by atoms with Crippen molar-refractivity contribution >= 4 is 29.2 Å². The Balaban J connectivity index is 1.91. The van der Waals surface area contributed by atoms with Gasteiger partial charge in [0.25, 0.3) is 0 Å². The third-order valence-corrected chi connectivity index (χ3v) is 4.12. The largest absolute Gasteiger partial charge is 0.378 e. The normalized spacial score (nSPS) is 10.7. The molecule has 0 unspecified atom stereocenters. The van der Waals surface area contributed by atoms with Crippen LogP contribution in [-0.4, -0.2) is 34.3 Å². The summed E-state index contributed by atoms with van der Waals surface area (Å²) in [6, 6.07) is 8.31. The van der Waals surface area contributed by atoms with Gasteiger partial charge in [-0.05, 0) is 36.5 Å². The summed E-state index contributed by atoms with van der Waals surface area (Å²) in [5.41, 5.74) is 2.27. The van der Waals surface area contributed by atoms with Crippen LogP contribution >= 0.6 is 23.6 Å². The van der Waals surface area contributed by atoms with Crippen LogP contribution in [0.15, 0.2) is 30.5 Å². The summed E-state index contributed by atoms with van der Waals surface area (Å²) in [4.78, 5) is 11.7. The molecule has 0 fully saturated rings. The van der Waals surface area contributed by atoms with Crippen molar-refractivity contribution in [3.8, 4) is 21.3 Å². The Kier molecular flexibility index (Phi) is 3.37. The summed E-state index contributed by atoms with van der Waals surface area (Å²) in [6.45, 7) is 0. The summed E-state index contributed by atoms with van der Waals surface area (Å²) in [5, 5.41) is 6.69. The maximum absolute atomic E-state index is 4.95. The van der Waals surface area contributed by atoms with Gasteiger partial charge in [-0.2, -0.15) is 4.98 Å². The van der Waals surface area contributed by atoms with Gasteiger partial charge in [0.2, 0.25) is 4.77 Å². The van der Waals surface area contributed by atoms with Crippen LogP contribution in [0.4, 0.5) is 5.69 Å². The van der Waals surface area contributed by atoms with Crippen molar-refractivity contribution in [2.75, 3.05) is 19.0 Å². The summed E-state index contributed by atoms with van der Waals surface area (Å²) in [7, 11) is 4.05. The minimum Gasteiger partial charge on any atom is -0.378 e. The number of benzene rings is 1. The fourth-order valence-corrected chi connectivity index (χ4v) is 2.81. The highest BCUT2D eigenvalue weighted by Crippen LogP contribution is 2.30. The van der Waals surface area contributed by atoms with Crippen molar-refractivity contribution in [3.63, 3.8) is 0 Å². The van der Waals surface area contributed by atoms with Gasteiger partial charge in [0.1, 0.15) is 5.01 Å². The van der Waals surface area contributed by atoms with Gasteiger partial charge in [0.15, 0.2) is 5.82 Å². The van der Waals surface area contributed by atoms with Gasteiger partial charge in [-0.1, -0.05) is 0 Å². The number of aromatic nitrogens is 4. The molecule has 7 heteroatoms. The SMILES string of the molecule is CN(C)c1ccc(-c2ncc(-c3nc(=S)[nH][nH]3)s2)cc1. The quantitative estimate of drug-likeness (QED) is 0.729. The van der Waals surface area contributed by atoms with Crippen molar-refractivity contribution in [3.05, 3.63) is 35.2 Å². The Bertz CT molecular complexity index is 766. The second-order valence-corrected chi connectivity index (χ2v) is 5.90. The van der Waals surface area contributed by atoms with Gasteiger partial charge in [-0.25, -0.2) is 4.98 Å². The number of rotatable bonds is 3. The molecule has 0 spiro atoms. The van der Waals surface area contributed by atoms with E-state index in [0.717, 1.165) is 21.3 Å². The molecule has 3 rings (SSSR count). The first-order valence-electron chi connectivity index (χ1n) is 6.02. The highest BCUT2D eigenvalue weighted by atomic mass is 32.1. The molecule has 1 aromatic carbocycles. The number of hydrogen-bond acceptors (Lipinski definition) is 5. The van der Waals surface area contributed by atoms with Crippen molar-refractivity contribution in [1.29, 1.82) is 0 Å². The lowest BCUT2D eigenvalue weighted by Gasteiger charge is -2.11. The first kappa shape index (κ1) is 13.0. The monoisotopic (exact) mass is 303 g/mol. The van der Waals surface area contributed by atoms with Gasteiger partial charge in [-0.3, -0.25) is 10.2 Å². The molecule has 20 heavy (non-hydrogen) atoms. The van der Waals surface area contributed by atoms with Crippen LogP contribution in [0.1, 0.15) is 0 Å². The summed E-state index contributed by atoms with van der Waals surface area (Å²) in [6.07, 6.45) is 1.81. The van der Waals surface area contributed by atoms with Gasteiger partial charge < -0.3 is 4.90 Å². The van der Waals surface area contributed by atoms with Crippen LogP contribution in [0, 0.1) is 4.77 Å². The molecule has 2 heterocycles. The zero-order chi connectivity index (χ0) is 14.1. The van der Waals surface area contributed by atoms with Crippen molar-refractivity contribution < 1.29 is 0 Å². The van der Waals surface area contributed by atoms with E-state index in [-0.39, 0.29) is 0 Å². The molecular formula is C13H13N5S2. The Labute approximate surface area is 125 Å². The van der Waals surface area contributed by atoms with E-state index >= 15 is 0 Å². The fraction of sp³-hybridized carbons (Fsp3) is 0.154. The molecule has 3 aromatic rings. The molecular weight excluding hydrogens is 290 g/mol. The second-order valence-electron chi connectivity index (χ2n) is 4.49. The molecule has 0 bridgehead atoms. The number of aromatic amines is 2. The predicted octanol–water partition coefficient (Wildman–Crippen LogP) is 3.32. The van der Waals surface area contributed by atoms with E-state index < -0.39 is 0 Å². The average Bonchev–Trinajstić information content (AvgIpc) is 3.07. The Morgan fingerprint density at radius 2 is 1.90 bits per heavy atom. The molecule has 0 saturated heterocycles. The summed E-state index contributed by atoms with van der Waals surface area (Å²) in [5.74, 6) is 0.726. The van der Waals surface area contributed by atoms with Crippen molar-refractivity contribution in [2.24, 2.45) is 0 Å². The van der Waals surface area contributed by atoms with Crippen molar-refractivity contribution in [2.45, 2.75) is 0 Å². The maximum atomic E-state index is 4.95. The highest BCUT2D eigenvalue weighted by Gasteiger charge is 2.09. The Morgan fingerprint density at radius 1 is 1.15 bits per heavy atom. The first-order valence-corrected chi connectivity index (χ1v) is 7.24.